The van der Waals surface area contributed by atoms with E-state index in [1.54, 1.807) is 7.11 Å². The average molecular weight is 347 g/mol. The third-order valence-electron chi connectivity index (χ3n) is 4.06. The van der Waals surface area contributed by atoms with Crippen molar-refractivity contribution < 1.29 is 4.74 Å². The molecule has 0 unspecified atom stereocenters. The van der Waals surface area contributed by atoms with E-state index in [9.17, 15) is 0 Å². The van der Waals surface area contributed by atoms with Gasteiger partial charge in [-0.3, -0.25) is 0 Å². The Balaban J connectivity index is 1.84. The lowest BCUT2D eigenvalue weighted by Crippen LogP contribution is -2.29. The van der Waals surface area contributed by atoms with Gasteiger partial charge in [0.25, 0.3) is 0 Å². The number of thiocarbonyl (C=S) groups is 1. The molecular formula is C22H21NOS. The number of benzene rings is 3. The Bertz CT molecular complexity index is 759. The van der Waals surface area contributed by atoms with Gasteiger partial charge in [-0.2, -0.15) is 0 Å². The largest absolute Gasteiger partial charge is 0.497 e. The summed E-state index contributed by atoms with van der Waals surface area (Å²) >= 11 is 5.80. The summed E-state index contributed by atoms with van der Waals surface area (Å²) in [6.07, 6.45) is 0. The first-order valence-electron chi connectivity index (χ1n) is 8.27. The van der Waals surface area contributed by atoms with Crippen molar-refractivity contribution in [2.24, 2.45) is 0 Å². The molecule has 0 spiro atoms. The van der Waals surface area contributed by atoms with Crippen molar-refractivity contribution in [3.63, 3.8) is 0 Å². The molecule has 25 heavy (non-hydrogen) atoms. The van der Waals surface area contributed by atoms with Gasteiger partial charge in [-0.15, -0.1) is 0 Å². The molecule has 2 nitrogen and oxygen atoms in total. The van der Waals surface area contributed by atoms with Gasteiger partial charge in [0, 0.05) is 18.7 Å². The molecule has 0 aliphatic rings. The monoisotopic (exact) mass is 347 g/mol. The van der Waals surface area contributed by atoms with E-state index >= 15 is 0 Å². The second kappa shape index (κ2) is 8.45. The minimum absolute atomic E-state index is 0.778. The van der Waals surface area contributed by atoms with Gasteiger partial charge in [-0.1, -0.05) is 72.9 Å². The van der Waals surface area contributed by atoms with Gasteiger partial charge in [0.2, 0.25) is 0 Å². The first kappa shape index (κ1) is 17.2. The Morgan fingerprint density at radius 2 is 1.24 bits per heavy atom. The number of ether oxygens (including phenoxy) is 1. The zero-order valence-electron chi connectivity index (χ0n) is 14.3. The van der Waals surface area contributed by atoms with Crippen LogP contribution in [0.15, 0.2) is 84.9 Å². The molecule has 0 N–H and O–H groups in total. The smallest absolute Gasteiger partial charge is 0.118 e. The molecule has 0 saturated carbocycles. The fourth-order valence-electron chi connectivity index (χ4n) is 2.72. The van der Waals surface area contributed by atoms with E-state index < -0.39 is 0 Å². The lowest BCUT2D eigenvalue weighted by atomic mass is 10.1. The van der Waals surface area contributed by atoms with Crippen LogP contribution in [0, 0.1) is 0 Å². The normalized spacial score (nSPS) is 10.3. The second-order valence-electron chi connectivity index (χ2n) is 5.86. The molecule has 3 rings (SSSR count). The summed E-state index contributed by atoms with van der Waals surface area (Å²) in [5.74, 6) is 0.837. The highest BCUT2D eigenvalue weighted by atomic mass is 32.1. The highest BCUT2D eigenvalue weighted by molar-refractivity contribution is 7.80. The summed E-state index contributed by atoms with van der Waals surface area (Å²) in [5.41, 5.74) is 3.52. The van der Waals surface area contributed by atoms with Gasteiger partial charge in [0.1, 0.15) is 10.7 Å². The molecule has 0 bridgehead atoms. The van der Waals surface area contributed by atoms with E-state index in [4.69, 9.17) is 17.0 Å². The van der Waals surface area contributed by atoms with E-state index in [0.717, 1.165) is 29.4 Å². The zero-order chi connectivity index (χ0) is 17.5. The molecular weight excluding hydrogens is 326 g/mol. The van der Waals surface area contributed by atoms with E-state index in [-0.39, 0.29) is 0 Å². The van der Waals surface area contributed by atoms with Gasteiger partial charge < -0.3 is 9.64 Å². The molecule has 0 fully saturated rings. The van der Waals surface area contributed by atoms with Crippen molar-refractivity contribution in [3.8, 4) is 5.75 Å². The van der Waals surface area contributed by atoms with Crippen LogP contribution in [0.25, 0.3) is 0 Å². The Hall–Kier alpha value is -2.65. The number of hydrogen-bond donors (Lipinski definition) is 0. The van der Waals surface area contributed by atoms with Crippen molar-refractivity contribution in [1.29, 1.82) is 0 Å². The number of rotatable bonds is 6. The lowest BCUT2D eigenvalue weighted by Gasteiger charge is -2.26. The van der Waals surface area contributed by atoms with E-state index in [2.05, 4.69) is 53.4 Å². The van der Waals surface area contributed by atoms with Crippen LogP contribution in [0.4, 0.5) is 0 Å². The maximum atomic E-state index is 5.80. The van der Waals surface area contributed by atoms with Crippen molar-refractivity contribution >= 4 is 17.2 Å². The Kier molecular flexibility index (Phi) is 5.81. The molecule has 3 heteroatoms. The Labute approximate surface area is 154 Å². The predicted octanol–water partition coefficient (Wildman–Crippen LogP) is 5.07. The SMILES string of the molecule is COc1ccc(C(=S)N(Cc2ccccc2)Cc2ccccc2)cc1. The summed E-state index contributed by atoms with van der Waals surface area (Å²) in [6.45, 7) is 1.56. The average Bonchev–Trinajstić information content (AvgIpc) is 2.68. The van der Waals surface area contributed by atoms with Gasteiger partial charge in [-0.05, 0) is 35.4 Å². The summed E-state index contributed by atoms with van der Waals surface area (Å²) in [7, 11) is 1.67. The molecule has 0 aliphatic heterocycles. The predicted molar refractivity (Wildman–Crippen MR) is 107 cm³/mol. The molecule has 0 aliphatic carbocycles. The van der Waals surface area contributed by atoms with Crippen LogP contribution in [-0.4, -0.2) is 17.0 Å². The molecule has 0 radical (unpaired) electrons. The number of nitrogens with zero attached hydrogens (tertiary/aromatic N) is 1. The van der Waals surface area contributed by atoms with Crippen LogP contribution in [0.1, 0.15) is 16.7 Å². The van der Waals surface area contributed by atoms with Gasteiger partial charge in [0.05, 0.1) is 7.11 Å². The van der Waals surface area contributed by atoms with Gasteiger partial charge in [-0.25, -0.2) is 0 Å². The number of methoxy groups -OCH3 is 1. The van der Waals surface area contributed by atoms with Crippen LogP contribution in [0.5, 0.6) is 5.75 Å². The fourth-order valence-corrected chi connectivity index (χ4v) is 2.99. The van der Waals surface area contributed by atoms with Gasteiger partial charge in [0.15, 0.2) is 0 Å². The highest BCUT2D eigenvalue weighted by Crippen LogP contribution is 2.18. The minimum Gasteiger partial charge on any atom is -0.497 e. The van der Waals surface area contributed by atoms with Crippen LogP contribution in [0.3, 0.4) is 0 Å². The van der Waals surface area contributed by atoms with Crippen molar-refractivity contribution in [1.82, 2.24) is 4.90 Å². The van der Waals surface area contributed by atoms with Crippen LogP contribution in [0.2, 0.25) is 0 Å². The van der Waals surface area contributed by atoms with Crippen molar-refractivity contribution in [3.05, 3.63) is 102 Å². The quantitative estimate of drug-likeness (QED) is 0.578. The van der Waals surface area contributed by atoms with Crippen LogP contribution < -0.4 is 4.74 Å². The molecule has 0 saturated heterocycles. The van der Waals surface area contributed by atoms with Crippen LogP contribution >= 0.6 is 12.2 Å². The summed E-state index contributed by atoms with van der Waals surface area (Å²) < 4.78 is 5.24. The summed E-state index contributed by atoms with van der Waals surface area (Å²) in [4.78, 5) is 3.08. The maximum absolute atomic E-state index is 5.80. The standard InChI is InChI=1S/C22H21NOS/c1-24-21-14-12-20(13-15-21)22(25)23(16-18-8-4-2-5-9-18)17-19-10-6-3-7-11-19/h2-15H,16-17H2,1H3. The fraction of sp³-hybridized carbons (Fsp3) is 0.136. The van der Waals surface area contributed by atoms with E-state index in [1.807, 2.05) is 36.4 Å². The first-order chi connectivity index (χ1) is 12.3. The molecule has 0 aromatic heterocycles. The third-order valence-corrected chi connectivity index (χ3v) is 4.55. The zero-order valence-corrected chi connectivity index (χ0v) is 15.1. The van der Waals surface area contributed by atoms with Crippen LogP contribution in [-0.2, 0) is 13.1 Å². The van der Waals surface area contributed by atoms with E-state index in [1.165, 1.54) is 11.1 Å². The minimum atomic E-state index is 0.778. The van der Waals surface area contributed by atoms with Gasteiger partial charge >= 0.3 is 0 Å². The molecule has 126 valence electrons. The lowest BCUT2D eigenvalue weighted by molar-refractivity contribution is 0.412. The molecule has 3 aromatic carbocycles. The third kappa shape index (κ3) is 4.68. The molecule has 3 aromatic rings. The number of hydrogen-bond acceptors (Lipinski definition) is 2. The van der Waals surface area contributed by atoms with E-state index in [0.29, 0.717) is 0 Å². The summed E-state index contributed by atoms with van der Waals surface area (Å²) in [6, 6.07) is 28.8. The summed E-state index contributed by atoms with van der Waals surface area (Å²) in [5, 5.41) is 0. The molecule has 0 atom stereocenters. The Morgan fingerprint density at radius 1 is 0.760 bits per heavy atom. The maximum Gasteiger partial charge on any atom is 0.118 e. The second-order valence-corrected chi connectivity index (χ2v) is 6.25. The highest BCUT2D eigenvalue weighted by Gasteiger charge is 2.13. The Morgan fingerprint density at radius 3 is 1.68 bits per heavy atom. The van der Waals surface area contributed by atoms with Crippen molar-refractivity contribution in [2.45, 2.75) is 13.1 Å². The van der Waals surface area contributed by atoms with Crippen molar-refractivity contribution in [2.75, 3.05) is 7.11 Å². The molecule has 0 heterocycles. The first-order valence-corrected chi connectivity index (χ1v) is 8.68. The molecule has 0 amide bonds. The topological polar surface area (TPSA) is 12.5 Å².